The van der Waals surface area contributed by atoms with Crippen molar-refractivity contribution in [1.82, 2.24) is 0 Å². The van der Waals surface area contributed by atoms with Crippen LogP contribution >= 0.6 is 0 Å². The lowest BCUT2D eigenvalue weighted by Crippen LogP contribution is -2.12. The Morgan fingerprint density at radius 2 is 0.639 bits per heavy atom. The van der Waals surface area contributed by atoms with Crippen LogP contribution in [0.25, 0.3) is 0 Å². The molecule has 4 aromatic carbocycles. The predicted molar refractivity (Wildman–Crippen MR) is 287 cm³/mol. The molecular formula is C62H84O10. The molecule has 0 amide bonds. The van der Waals surface area contributed by atoms with E-state index in [2.05, 4.69) is 65.1 Å². The van der Waals surface area contributed by atoms with Gasteiger partial charge in [-0.25, -0.2) is 9.59 Å². The minimum absolute atomic E-state index is 0.0109. The van der Waals surface area contributed by atoms with Gasteiger partial charge in [0.2, 0.25) is 0 Å². The van der Waals surface area contributed by atoms with E-state index < -0.39 is 11.9 Å². The Morgan fingerprint density at radius 1 is 0.403 bits per heavy atom. The van der Waals surface area contributed by atoms with E-state index in [1.165, 1.54) is 12.2 Å². The molecule has 0 unspecified atom stereocenters. The first-order valence-electron chi connectivity index (χ1n) is 27.1. The molecule has 10 heteroatoms. The molecule has 1 aliphatic carbocycles. The molecule has 8 bridgehead atoms. The summed E-state index contributed by atoms with van der Waals surface area (Å²) < 4.78 is 39.3. The SMILES string of the molecule is C=CC(=O)OCc1cc2c(OCCCCCC)c(c1)Cc1cc(COC(=O)C=C)cc(c1OCCCCCC)Cc1cc(CO)cc(c1OCCCCCC)Cc1cc(CO)cc(c1OCCCCCC)C2. The van der Waals surface area contributed by atoms with E-state index in [0.29, 0.717) is 52.1 Å². The molecule has 0 heterocycles. The van der Waals surface area contributed by atoms with Crippen molar-refractivity contribution in [3.05, 3.63) is 141 Å². The van der Waals surface area contributed by atoms with Crippen molar-refractivity contribution in [1.29, 1.82) is 0 Å². The van der Waals surface area contributed by atoms with Crippen molar-refractivity contribution in [2.45, 2.75) is 183 Å². The summed E-state index contributed by atoms with van der Waals surface area (Å²) in [6.07, 6.45) is 20.4. The number of esters is 2. The highest BCUT2D eigenvalue weighted by Crippen LogP contribution is 2.41. The quantitative estimate of drug-likeness (QED) is 0.0244. The second-order valence-corrected chi connectivity index (χ2v) is 19.3. The highest BCUT2D eigenvalue weighted by molar-refractivity contribution is 5.81. The van der Waals surface area contributed by atoms with Crippen molar-refractivity contribution < 1.29 is 48.2 Å². The van der Waals surface area contributed by atoms with Gasteiger partial charge in [0.05, 0.1) is 39.6 Å². The molecule has 0 aliphatic heterocycles. The number of aliphatic hydroxyl groups excluding tert-OH is 2. The molecular weight excluding hydrogens is 905 g/mol. The Hall–Kier alpha value is -5.58. The summed E-state index contributed by atoms with van der Waals surface area (Å²) in [4.78, 5) is 25.2. The highest BCUT2D eigenvalue weighted by Gasteiger charge is 2.25. The van der Waals surface area contributed by atoms with Crippen molar-refractivity contribution in [2.75, 3.05) is 26.4 Å². The number of hydrogen-bond acceptors (Lipinski definition) is 10. The van der Waals surface area contributed by atoms with Crippen molar-refractivity contribution in [2.24, 2.45) is 0 Å². The van der Waals surface area contributed by atoms with Crippen LogP contribution in [0.1, 0.15) is 197 Å². The second-order valence-electron chi connectivity index (χ2n) is 19.3. The van der Waals surface area contributed by atoms with E-state index in [1.807, 2.05) is 24.3 Å². The fraction of sp³-hybridized carbons (Fsp3) is 0.516. The zero-order valence-corrected chi connectivity index (χ0v) is 44.1. The molecule has 1 aliphatic rings. The molecule has 392 valence electrons. The number of carbonyl (C=O) groups excluding carboxylic acids is 2. The van der Waals surface area contributed by atoms with Crippen LogP contribution in [0.2, 0.25) is 0 Å². The van der Waals surface area contributed by atoms with Gasteiger partial charge in [0, 0.05) is 37.8 Å². The minimum atomic E-state index is -0.523. The summed E-state index contributed by atoms with van der Waals surface area (Å²) >= 11 is 0. The number of unbranched alkanes of at least 4 members (excludes halogenated alkanes) is 12. The number of carbonyl (C=O) groups is 2. The van der Waals surface area contributed by atoms with Gasteiger partial charge in [-0.2, -0.15) is 0 Å². The van der Waals surface area contributed by atoms with Gasteiger partial charge in [-0.15, -0.1) is 0 Å². The Labute approximate surface area is 431 Å². The van der Waals surface area contributed by atoms with Crippen LogP contribution in [0, 0.1) is 0 Å². The van der Waals surface area contributed by atoms with Crippen LogP contribution in [-0.4, -0.2) is 48.6 Å². The molecule has 10 nitrogen and oxygen atoms in total. The fourth-order valence-electron chi connectivity index (χ4n) is 9.51. The number of fused-ring (bicyclic) bond motifs is 8. The van der Waals surface area contributed by atoms with E-state index in [9.17, 15) is 19.8 Å². The Kier molecular flexibility index (Phi) is 25.3. The third kappa shape index (κ3) is 17.9. The average Bonchev–Trinajstić information content (AvgIpc) is 3.38. The first-order chi connectivity index (χ1) is 35.2. The van der Waals surface area contributed by atoms with Crippen LogP contribution in [0.3, 0.4) is 0 Å². The van der Waals surface area contributed by atoms with Gasteiger partial charge < -0.3 is 38.6 Å². The minimum Gasteiger partial charge on any atom is -0.493 e. The maximum absolute atomic E-state index is 12.6. The van der Waals surface area contributed by atoms with Crippen LogP contribution in [0.5, 0.6) is 23.0 Å². The second kappa shape index (κ2) is 31.8. The molecule has 0 radical (unpaired) electrons. The summed E-state index contributed by atoms with van der Waals surface area (Å²) in [6, 6.07) is 16.4. The molecule has 0 aromatic heterocycles. The lowest BCUT2D eigenvalue weighted by Gasteiger charge is -2.25. The normalized spacial score (nSPS) is 12.0. The van der Waals surface area contributed by atoms with Crippen molar-refractivity contribution in [3.63, 3.8) is 0 Å². The largest absolute Gasteiger partial charge is 0.493 e. The summed E-state index contributed by atoms with van der Waals surface area (Å²) in [6.45, 7) is 17.8. The predicted octanol–water partition coefficient (Wildman–Crippen LogP) is 13.6. The number of hydrogen-bond donors (Lipinski definition) is 2. The molecule has 2 N–H and O–H groups in total. The van der Waals surface area contributed by atoms with E-state index in [4.69, 9.17) is 28.4 Å². The van der Waals surface area contributed by atoms with E-state index >= 15 is 0 Å². The number of benzene rings is 4. The summed E-state index contributed by atoms with van der Waals surface area (Å²) in [5, 5.41) is 21.9. The zero-order chi connectivity index (χ0) is 51.5. The van der Waals surface area contributed by atoms with E-state index in [-0.39, 0.29) is 26.4 Å². The number of ether oxygens (including phenoxy) is 6. The Morgan fingerprint density at radius 3 is 0.847 bits per heavy atom. The smallest absolute Gasteiger partial charge is 0.330 e. The van der Waals surface area contributed by atoms with Crippen LogP contribution < -0.4 is 18.9 Å². The van der Waals surface area contributed by atoms with Gasteiger partial charge in [0.15, 0.2) is 0 Å². The number of rotatable bonds is 32. The Balaban J connectivity index is 1.88. The third-order valence-corrected chi connectivity index (χ3v) is 13.2. The molecule has 0 atom stereocenters. The van der Waals surface area contributed by atoms with Gasteiger partial charge >= 0.3 is 11.9 Å². The molecule has 0 saturated heterocycles. The number of aliphatic hydroxyl groups is 2. The summed E-state index contributed by atoms with van der Waals surface area (Å²) in [7, 11) is 0. The maximum atomic E-state index is 12.6. The highest BCUT2D eigenvalue weighted by atomic mass is 16.5. The van der Waals surface area contributed by atoms with Crippen LogP contribution in [0.15, 0.2) is 73.8 Å². The summed E-state index contributed by atoms with van der Waals surface area (Å²) in [5.41, 5.74) is 10.2. The lowest BCUT2D eigenvalue weighted by molar-refractivity contribution is -0.139. The van der Waals surface area contributed by atoms with Gasteiger partial charge in [-0.1, -0.05) is 118 Å². The van der Waals surface area contributed by atoms with Crippen LogP contribution in [0.4, 0.5) is 0 Å². The molecule has 0 saturated carbocycles. The molecule has 5 rings (SSSR count). The van der Waals surface area contributed by atoms with Crippen molar-refractivity contribution >= 4 is 11.9 Å². The van der Waals surface area contributed by atoms with Gasteiger partial charge in [-0.3, -0.25) is 0 Å². The summed E-state index contributed by atoms with van der Waals surface area (Å²) in [5.74, 6) is 1.93. The van der Waals surface area contributed by atoms with Crippen molar-refractivity contribution in [3.8, 4) is 23.0 Å². The third-order valence-electron chi connectivity index (χ3n) is 13.2. The van der Waals surface area contributed by atoms with Gasteiger partial charge in [0.25, 0.3) is 0 Å². The molecule has 72 heavy (non-hydrogen) atoms. The molecule has 0 spiro atoms. The Bertz CT molecular complexity index is 2190. The first-order valence-corrected chi connectivity index (χ1v) is 27.1. The standard InChI is InChI=1S/C62H84O10/c1-7-13-17-21-25-67-59-49-29-45(41-63)31-51(59)38-53-33-47(43-71-57(65)11-5)35-55(61(53)69-27-23-19-15-9-3)40-56-36-48(44-72-58(66)12-6)34-54(62(56)70-28-24-20-16-10-4)39-52-32-46(42-64)30-50(37-49)60(52)68-26-22-18-14-8-2/h11-12,29-36,63-64H,5-10,13-28,37-44H2,1-4H3. The monoisotopic (exact) mass is 989 g/mol. The maximum Gasteiger partial charge on any atom is 0.330 e. The first kappa shape index (κ1) is 57.3. The lowest BCUT2D eigenvalue weighted by atomic mass is 9.88. The van der Waals surface area contributed by atoms with Crippen LogP contribution in [-0.2, 0) is 71.2 Å². The van der Waals surface area contributed by atoms with Gasteiger partial charge in [-0.05, 0) is 141 Å². The van der Waals surface area contributed by atoms with E-state index in [1.54, 1.807) is 0 Å². The van der Waals surface area contributed by atoms with Gasteiger partial charge in [0.1, 0.15) is 36.2 Å². The fourth-order valence-corrected chi connectivity index (χ4v) is 9.51. The van der Waals surface area contributed by atoms with E-state index in [0.717, 1.165) is 192 Å². The molecule has 4 aromatic rings. The zero-order valence-electron chi connectivity index (χ0n) is 44.1. The molecule has 0 fully saturated rings. The topological polar surface area (TPSA) is 130 Å². The average molecular weight is 989 g/mol.